The summed E-state index contributed by atoms with van der Waals surface area (Å²) in [6.45, 7) is 0.754. The first-order valence-corrected chi connectivity index (χ1v) is 7.09. The van der Waals surface area contributed by atoms with Gasteiger partial charge in [-0.3, -0.25) is 5.10 Å². The Bertz CT molecular complexity index is 596. The molecule has 2 unspecified atom stereocenters. The highest BCUT2D eigenvalue weighted by Gasteiger charge is 2.26. The van der Waals surface area contributed by atoms with Crippen molar-refractivity contribution in [3.63, 3.8) is 0 Å². The monoisotopic (exact) mass is 266 g/mol. The topological polar surface area (TPSA) is 64.5 Å². The fourth-order valence-corrected chi connectivity index (χ4v) is 2.90. The molecular formula is C16H18N4. The van der Waals surface area contributed by atoms with Gasteiger partial charge in [0.15, 0.2) is 0 Å². The first-order chi connectivity index (χ1) is 9.88. The number of hydrogen-bond donors (Lipinski definition) is 2. The summed E-state index contributed by atoms with van der Waals surface area (Å²) in [5, 5.41) is 19.9. The second-order valence-corrected chi connectivity index (χ2v) is 5.29. The molecule has 1 saturated carbocycles. The smallest absolute Gasteiger partial charge is 0.0695 e. The molecule has 1 aliphatic carbocycles. The number of aromatic nitrogens is 2. The molecule has 0 saturated heterocycles. The van der Waals surface area contributed by atoms with E-state index in [9.17, 15) is 0 Å². The van der Waals surface area contributed by atoms with Crippen molar-refractivity contribution in [2.75, 3.05) is 0 Å². The van der Waals surface area contributed by atoms with Crippen molar-refractivity contribution in [2.24, 2.45) is 5.92 Å². The molecule has 4 nitrogen and oxygen atoms in total. The van der Waals surface area contributed by atoms with E-state index >= 15 is 0 Å². The van der Waals surface area contributed by atoms with Crippen molar-refractivity contribution in [2.45, 2.75) is 31.8 Å². The first kappa shape index (κ1) is 12.9. The summed E-state index contributed by atoms with van der Waals surface area (Å²) in [6.07, 6.45) is 5.13. The Morgan fingerprint density at radius 3 is 2.95 bits per heavy atom. The lowest BCUT2D eigenvalue weighted by atomic mass is 10.0. The van der Waals surface area contributed by atoms with Gasteiger partial charge in [-0.25, -0.2) is 0 Å². The van der Waals surface area contributed by atoms with Crippen LogP contribution in [-0.2, 0) is 6.54 Å². The van der Waals surface area contributed by atoms with Crippen LogP contribution >= 0.6 is 0 Å². The second kappa shape index (κ2) is 5.89. The van der Waals surface area contributed by atoms with Gasteiger partial charge in [0.1, 0.15) is 0 Å². The summed E-state index contributed by atoms with van der Waals surface area (Å²) in [6, 6.07) is 12.9. The first-order valence-electron chi connectivity index (χ1n) is 7.09. The Morgan fingerprint density at radius 2 is 2.15 bits per heavy atom. The Morgan fingerprint density at radius 1 is 1.30 bits per heavy atom. The van der Waals surface area contributed by atoms with E-state index < -0.39 is 0 Å². The number of rotatable bonds is 4. The van der Waals surface area contributed by atoms with Gasteiger partial charge < -0.3 is 5.32 Å². The maximum Gasteiger partial charge on any atom is 0.0695 e. The van der Waals surface area contributed by atoms with Gasteiger partial charge in [0.2, 0.25) is 0 Å². The largest absolute Gasteiger partial charge is 0.308 e. The second-order valence-electron chi connectivity index (χ2n) is 5.29. The standard InChI is InChI=1S/C16H18N4/c17-9-13-7-4-8-15(13)18-10-14-11-19-20-16(14)12-5-2-1-3-6-12/h1-3,5-6,11,13,15,18H,4,7-8,10H2,(H,19,20). The molecule has 0 aliphatic heterocycles. The van der Waals surface area contributed by atoms with Crippen LogP contribution in [0.3, 0.4) is 0 Å². The predicted octanol–water partition coefficient (Wildman–Crippen LogP) is 2.86. The third-order valence-electron chi connectivity index (χ3n) is 4.02. The zero-order valence-corrected chi connectivity index (χ0v) is 11.3. The number of nitriles is 1. The van der Waals surface area contributed by atoms with E-state index in [1.54, 1.807) is 0 Å². The van der Waals surface area contributed by atoms with Crippen LogP contribution in [0.25, 0.3) is 11.3 Å². The van der Waals surface area contributed by atoms with Crippen LogP contribution in [0.4, 0.5) is 0 Å². The van der Waals surface area contributed by atoms with Gasteiger partial charge >= 0.3 is 0 Å². The summed E-state index contributed by atoms with van der Waals surface area (Å²) < 4.78 is 0. The molecule has 1 aromatic carbocycles. The van der Waals surface area contributed by atoms with Crippen LogP contribution in [0, 0.1) is 17.2 Å². The molecule has 4 heteroatoms. The van der Waals surface area contributed by atoms with Gasteiger partial charge in [0, 0.05) is 18.2 Å². The van der Waals surface area contributed by atoms with Gasteiger partial charge in [0.05, 0.1) is 23.9 Å². The maximum absolute atomic E-state index is 9.12. The number of benzene rings is 1. The normalized spacial score (nSPS) is 21.8. The number of aromatic amines is 1. The molecule has 2 N–H and O–H groups in total. The maximum atomic E-state index is 9.12. The van der Waals surface area contributed by atoms with E-state index in [1.165, 1.54) is 0 Å². The average Bonchev–Trinajstić information content (AvgIpc) is 3.14. The summed E-state index contributed by atoms with van der Waals surface area (Å²) in [5.41, 5.74) is 3.36. The molecule has 0 radical (unpaired) electrons. The fraction of sp³-hybridized carbons (Fsp3) is 0.375. The predicted molar refractivity (Wildman–Crippen MR) is 77.6 cm³/mol. The molecule has 1 aromatic heterocycles. The quantitative estimate of drug-likeness (QED) is 0.894. The van der Waals surface area contributed by atoms with E-state index in [4.69, 9.17) is 5.26 Å². The highest BCUT2D eigenvalue weighted by atomic mass is 15.1. The lowest BCUT2D eigenvalue weighted by Gasteiger charge is -2.15. The average molecular weight is 266 g/mol. The Labute approximate surface area is 118 Å². The molecule has 2 atom stereocenters. The SMILES string of the molecule is N#CC1CCCC1NCc1cn[nH]c1-c1ccccc1. The van der Waals surface area contributed by atoms with Crippen LogP contribution in [-0.4, -0.2) is 16.2 Å². The molecular weight excluding hydrogens is 248 g/mol. The molecule has 0 amide bonds. The minimum absolute atomic E-state index is 0.155. The number of nitrogens with zero attached hydrogens (tertiary/aromatic N) is 2. The number of nitrogens with one attached hydrogen (secondary N) is 2. The van der Waals surface area contributed by atoms with Gasteiger partial charge in [0.25, 0.3) is 0 Å². The van der Waals surface area contributed by atoms with E-state index in [2.05, 4.69) is 33.7 Å². The highest BCUT2D eigenvalue weighted by Crippen LogP contribution is 2.26. The van der Waals surface area contributed by atoms with Crippen molar-refractivity contribution in [1.29, 1.82) is 5.26 Å². The lowest BCUT2D eigenvalue weighted by Crippen LogP contribution is -2.31. The zero-order valence-electron chi connectivity index (χ0n) is 11.3. The van der Waals surface area contributed by atoms with Gasteiger partial charge in [-0.05, 0) is 18.4 Å². The lowest BCUT2D eigenvalue weighted by molar-refractivity contribution is 0.465. The third kappa shape index (κ3) is 2.59. The third-order valence-corrected chi connectivity index (χ3v) is 4.02. The minimum atomic E-state index is 0.155. The van der Waals surface area contributed by atoms with Crippen LogP contribution < -0.4 is 5.32 Å². The van der Waals surface area contributed by atoms with E-state index in [0.717, 1.165) is 42.6 Å². The van der Waals surface area contributed by atoms with Gasteiger partial charge in [-0.1, -0.05) is 36.8 Å². The number of hydrogen-bond acceptors (Lipinski definition) is 3. The fourth-order valence-electron chi connectivity index (χ4n) is 2.90. The van der Waals surface area contributed by atoms with Crippen molar-refractivity contribution in [3.05, 3.63) is 42.1 Å². The molecule has 3 rings (SSSR count). The zero-order chi connectivity index (χ0) is 13.8. The molecule has 0 spiro atoms. The van der Waals surface area contributed by atoms with Crippen LogP contribution in [0.5, 0.6) is 0 Å². The molecule has 1 heterocycles. The molecule has 1 fully saturated rings. The Kier molecular flexibility index (Phi) is 3.80. The van der Waals surface area contributed by atoms with Gasteiger partial charge in [-0.2, -0.15) is 10.4 Å². The highest BCUT2D eigenvalue weighted by molar-refractivity contribution is 5.62. The van der Waals surface area contributed by atoms with Crippen molar-refractivity contribution >= 4 is 0 Å². The summed E-state index contributed by atoms with van der Waals surface area (Å²) in [5.74, 6) is 0.155. The summed E-state index contributed by atoms with van der Waals surface area (Å²) in [7, 11) is 0. The molecule has 1 aliphatic rings. The van der Waals surface area contributed by atoms with Gasteiger partial charge in [-0.15, -0.1) is 0 Å². The Hall–Kier alpha value is -2.12. The molecule has 102 valence electrons. The van der Waals surface area contributed by atoms with Crippen LogP contribution in [0.1, 0.15) is 24.8 Å². The summed E-state index contributed by atoms with van der Waals surface area (Å²) >= 11 is 0. The molecule has 0 bridgehead atoms. The minimum Gasteiger partial charge on any atom is -0.308 e. The van der Waals surface area contributed by atoms with E-state index in [1.807, 2.05) is 24.4 Å². The summed E-state index contributed by atoms with van der Waals surface area (Å²) in [4.78, 5) is 0. The van der Waals surface area contributed by atoms with E-state index in [0.29, 0.717) is 6.04 Å². The van der Waals surface area contributed by atoms with Crippen molar-refractivity contribution < 1.29 is 0 Å². The van der Waals surface area contributed by atoms with E-state index in [-0.39, 0.29) is 5.92 Å². The molecule has 2 aromatic rings. The van der Waals surface area contributed by atoms with Crippen molar-refractivity contribution in [1.82, 2.24) is 15.5 Å². The van der Waals surface area contributed by atoms with Crippen LogP contribution in [0.2, 0.25) is 0 Å². The Balaban J connectivity index is 1.70. The van der Waals surface area contributed by atoms with Crippen LogP contribution in [0.15, 0.2) is 36.5 Å². The molecule has 20 heavy (non-hydrogen) atoms. The number of H-pyrrole nitrogens is 1. The van der Waals surface area contributed by atoms with Crippen molar-refractivity contribution in [3.8, 4) is 17.3 Å².